The minimum absolute atomic E-state index is 0.0234. The second kappa shape index (κ2) is 6.09. The van der Waals surface area contributed by atoms with E-state index in [1.165, 1.54) is 6.92 Å². The third-order valence-corrected chi connectivity index (χ3v) is 1.82. The maximum absolute atomic E-state index is 13.4. The van der Waals surface area contributed by atoms with Crippen LogP contribution in [0.2, 0.25) is 0 Å². The highest BCUT2D eigenvalue weighted by Gasteiger charge is 2.31. The minimum Gasteiger partial charge on any atom is -0.406 e. The summed E-state index contributed by atoms with van der Waals surface area (Å²) in [5.74, 6) is 2.96. The Morgan fingerprint density at radius 3 is 2.63 bits per heavy atom. The lowest BCUT2D eigenvalue weighted by Crippen LogP contribution is -2.19. The average Bonchev–Trinajstić information content (AvgIpc) is 2.24. The van der Waals surface area contributed by atoms with Crippen LogP contribution in [0.5, 0.6) is 5.75 Å². The summed E-state index contributed by atoms with van der Waals surface area (Å²) < 4.78 is 52.6. The van der Waals surface area contributed by atoms with Gasteiger partial charge in [0, 0.05) is 13.0 Å². The lowest BCUT2D eigenvalue weighted by Gasteiger charge is -2.08. The highest BCUT2D eigenvalue weighted by molar-refractivity contribution is 5.73. The molecular formula is C12H9F4NO2. The minimum atomic E-state index is -4.87. The zero-order valence-electron chi connectivity index (χ0n) is 9.77. The number of halogens is 4. The molecule has 0 aliphatic carbocycles. The van der Waals surface area contributed by atoms with Crippen LogP contribution in [0.1, 0.15) is 12.5 Å². The van der Waals surface area contributed by atoms with Gasteiger partial charge in [0.15, 0.2) is 0 Å². The molecule has 102 valence electrons. The summed E-state index contributed by atoms with van der Waals surface area (Å²) in [6, 6.07) is 2.62. The summed E-state index contributed by atoms with van der Waals surface area (Å²) in [6.45, 7) is 1.32. The van der Waals surface area contributed by atoms with Crippen LogP contribution in [0, 0.1) is 17.7 Å². The molecule has 3 nitrogen and oxygen atoms in total. The van der Waals surface area contributed by atoms with Gasteiger partial charge in [-0.3, -0.25) is 4.79 Å². The lowest BCUT2D eigenvalue weighted by atomic mass is 10.2. The molecule has 0 aromatic heterocycles. The van der Waals surface area contributed by atoms with E-state index in [1.807, 2.05) is 0 Å². The van der Waals surface area contributed by atoms with Crippen molar-refractivity contribution in [1.82, 2.24) is 5.32 Å². The summed E-state index contributed by atoms with van der Waals surface area (Å²) in [4.78, 5) is 10.5. The van der Waals surface area contributed by atoms with Crippen LogP contribution in [-0.4, -0.2) is 18.8 Å². The molecule has 0 atom stereocenters. The smallest absolute Gasteiger partial charge is 0.406 e. The molecule has 0 bridgehead atoms. The van der Waals surface area contributed by atoms with Gasteiger partial charge >= 0.3 is 6.36 Å². The molecule has 0 saturated carbocycles. The van der Waals surface area contributed by atoms with E-state index in [0.29, 0.717) is 6.07 Å². The van der Waals surface area contributed by atoms with Crippen molar-refractivity contribution in [2.24, 2.45) is 0 Å². The van der Waals surface area contributed by atoms with Gasteiger partial charge in [0.1, 0.15) is 11.6 Å². The summed E-state index contributed by atoms with van der Waals surface area (Å²) in [5, 5.41) is 2.37. The standard InChI is InChI=1S/C12H9F4NO2/c1-8(18)17-6-2-3-9-4-5-10(7-11(9)13)19-12(14,15)16/h4-5,7H,6H2,1H3,(H,17,18). The number of carbonyl (C=O) groups excluding carboxylic acids is 1. The first-order valence-corrected chi connectivity index (χ1v) is 5.06. The fourth-order valence-corrected chi connectivity index (χ4v) is 1.10. The Hall–Kier alpha value is -2.23. The molecule has 0 radical (unpaired) electrons. The molecule has 19 heavy (non-hydrogen) atoms. The van der Waals surface area contributed by atoms with E-state index in [4.69, 9.17) is 0 Å². The van der Waals surface area contributed by atoms with Crippen LogP contribution in [0.3, 0.4) is 0 Å². The number of rotatable bonds is 2. The first-order chi connectivity index (χ1) is 8.78. The van der Waals surface area contributed by atoms with E-state index in [2.05, 4.69) is 21.9 Å². The molecule has 0 saturated heterocycles. The zero-order valence-corrected chi connectivity index (χ0v) is 9.77. The number of ether oxygens (including phenoxy) is 1. The number of nitrogens with one attached hydrogen (secondary N) is 1. The van der Waals surface area contributed by atoms with Gasteiger partial charge in [-0.05, 0) is 12.1 Å². The Bertz CT molecular complexity index is 529. The lowest BCUT2D eigenvalue weighted by molar-refractivity contribution is -0.274. The van der Waals surface area contributed by atoms with Crippen LogP contribution in [0.15, 0.2) is 18.2 Å². The molecular weight excluding hydrogens is 266 g/mol. The van der Waals surface area contributed by atoms with Crippen molar-refractivity contribution >= 4 is 5.91 Å². The van der Waals surface area contributed by atoms with Crippen molar-refractivity contribution in [1.29, 1.82) is 0 Å². The van der Waals surface area contributed by atoms with E-state index in [0.717, 1.165) is 12.1 Å². The largest absolute Gasteiger partial charge is 0.573 e. The van der Waals surface area contributed by atoms with Crippen LogP contribution < -0.4 is 10.1 Å². The predicted octanol–water partition coefficient (Wildman–Crippen LogP) is 2.21. The van der Waals surface area contributed by atoms with Crippen molar-refractivity contribution in [3.05, 3.63) is 29.6 Å². The first kappa shape index (κ1) is 14.8. The number of hydrogen-bond acceptors (Lipinski definition) is 2. The number of carbonyl (C=O) groups is 1. The van der Waals surface area contributed by atoms with Gasteiger partial charge in [-0.2, -0.15) is 0 Å². The van der Waals surface area contributed by atoms with E-state index in [9.17, 15) is 22.4 Å². The van der Waals surface area contributed by atoms with Crippen LogP contribution >= 0.6 is 0 Å². The Morgan fingerprint density at radius 1 is 1.42 bits per heavy atom. The van der Waals surface area contributed by atoms with E-state index >= 15 is 0 Å². The van der Waals surface area contributed by atoms with Gasteiger partial charge in [-0.15, -0.1) is 13.2 Å². The normalized spacial score (nSPS) is 10.4. The average molecular weight is 275 g/mol. The van der Waals surface area contributed by atoms with Gasteiger partial charge in [0.05, 0.1) is 12.1 Å². The number of alkyl halides is 3. The molecule has 1 N–H and O–H groups in total. The van der Waals surface area contributed by atoms with Crippen molar-refractivity contribution < 1.29 is 27.1 Å². The van der Waals surface area contributed by atoms with Gasteiger partial charge in [0.2, 0.25) is 5.91 Å². The Morgan fingerprint density at radius 2 is 2.11 bits per heavy atom. The topological polar surface area (TPSA) is 38.3 Å². The molecule has 0 spiro atoms. The summed E-state index contributed by atoms with van der Waals surface area (Å²) in [5.41, 5.74) is -0.0834. The molecule has 0 aliphatic rings. The third kappa shape index (κ3) is 5.77. The van der Waals surface area contributed by atoms with Crippen molar-refractivity contribution in [2.75, 3.05) is 6.54 Å². The Kier molecular flexibility index (Phi) is 4.75. The summed E-state index contributed by atoms with van der Waals surface area (Å²) >= 11 is 0. The van der Waals surface area contributed by atoms with Crippen LogP contribution in [0.25, 0.3) is 0 Å². The maximum atomic E-state index is 13.4. The molecule has 7 heteroatoms. The molecule has 0 heterocycles. The van der Waals surface area contributed by atoms with Gasteiger partial charge in [-0.25, -0.2) is 4.39 Å². The van der Waals surface area contributed by atoms with Crippen molar-refractivity contribution in [3.8, 4) is 17.6 Å². The molecule has 1 aromatic rings. The SMILES string of the molecule is CC(=O)NCC#Cc1ccc(OC(F)(F)F)cc1F. The molecule has 1 amide bonds. The zero-order chi connectivity index (χ0) is 14.5. The first-order valence-electron chi connectivity index (χ1n) is 5.06. The van der Waals surface area contributed by atoms with E-state index < -0.39 is 17.9 Å². The van der Waals surface area contributed by atoms with Gasteiger partial charge in [0.25, 0.3) is 0 Å². The highest BCUT2D eigenvalue weighted by atomic mass is 19.4. The van der Waals surface area contributed by atoms with E-state index in [1.54, 1.807) is 0 Å². The Labute approximate surface area is 106 Å². The van der Waals surface area contributed by atoms with E-state index in [-0.39, 0.29) is 18.0 Å². The molecule has 1 rings (SSSR count). The second-order valence-electron chi connectivity index (χ2n) is 3.40. The number of amides is 1. The molecule has 1 aromatic carbocycles. The van der Waals surface area contributed by atoms with Gasteiger partial charge in [-0.1, -0.05) is 11.8 Å². The molecule has 0 fully saturated rings. The van der Waals surface area contributed by atoms with Crippen molar-refractivity contribution in [2.45, 2.75) is 13.3 Å². The fourth-order valence-electron chi connectivity index (χ4n) is 1.10. The second-order valence-corrected chi connectivity index (χ2v) is 3.40. The highest BCUT2D eigenvalue weighted by Crippen LogP contribution is 2.24. The number of hydrogen-bond donors (Lipinski definition) is 1. The van der Waals surface area contributed by atoms with Crippen LogP contribution in [-0.2, 0) is 4.79 Å². The fraction of sp³-hybridized carbons (Fsp3) is 0.250. The monoisotopic (exact) mass is 275 g/mol. The maximum Gasteiger partial charge on any atom is 0.573 e. The third-order valence-electron chi connectivity index (χ3n) is 1.82. The summed E-state index contributed by atoms with van der Waals surface area (Å²) in [6.07, 6.45) is -4.87. The van der Waals surface area contributed by atoms with Gasteiger partial charge < -0.3 is 10.1 Å². The quantitative estimate of drug-likeness (QED) is 0.664. The molecule has 0 unspecified atom stereocenters. The van der Waals surface area contributed by atoms with Crippen LogP contribution in [0.4, 0.5) is 17.6 Å². The molecule has 0 aliphatic heterocycles. The number of benzene rings is 1. The predicted molar refractivity (Wildman–Crippen MR) is 58.6 cm³/mol. The Balaban J connectivity index is 2.75. The summed E-state index contributed by atoms with van der Waals surface area (Å²) in [7, 11) is 0. The van der Waals surface area contributed by atoms with Crippen molar-refractivity contribution in [3.63, 3.8) is 0 Å².